The van der Waals surface area contributed by atoms with E-state index in [1.807, 2.05) is 14.1 Å². The summed E-state index contributed by atoms with van der Waals surface area (Å²) < 4.78 is 66.9. The lowest BCUT2D eigenvalue weighted by atomic mass is 10.3. The zero-order valence-corrected chi connectivity index (χ0v) is 19.8. The molecule has 0 N–H and O–H groups in total. The lowest BCUT2D eigenvalue weighted by molar-refractivity contribution is -0.671. The molecule has 30 heavy (non-hydrogen) atoms. The molecule has 0 aromatic carbocycles. The van der Waals surface area contributed by atoms with Gasteiger partial charge in [-0.2, -0.15) is 0 Å². The van der Waals surface area contributed by atoms with Gasteiger partial charge in [0.1, 0.15) is 24.8 Å². The summed E-state index contributed by atoms with van der Waals surface area (Å²) in [5.41, 5.74) is 0. The summed E-state index contributed by atoms with van der Waals surface area (Å²) in [6, 6.07) is 0. The predicted octanol–water partition coefficient (Wildman–Crippen LogP) is 0.302. The van der Waals surface area contributed by atoms with Crippen LogP contribution in [0.5, 0.6) is 0 Å². The van der Waals surface area contributed by atoms with Crippen LogP contribution < -0.4 is 9.13 Å². The maximum Gasteiger partial charge on any atom is 0.243 e. The first-order chi connectivity index (χ1) is 13.9. The van der Waals surface area contributed by atoms with E-state index in [-0.39, 0.29) is 0 Å². The number of aryl methyl sites for hydroxylation is 4. The van der Waals surface area contributed by atoms with Crippen molar-refractivity contribution in [3.63, 3.8) is 0 Å². The van der Waals surface area contributed by atoms with E-state index in [4.69, 9.17) is 0 Å². The molecule has 0 aliphatic heterocycles. The summed E-state index contributed by atoms with van der Waals surface area (Å²) >= 11 is 0. The molecule has 2 heterocycles. The van der Waals surface area contributed by atoms with Crippen molar-refractivity contribution >= 4 is 20.2 Å². The Hall–Kier alpha value is -1.76. The molecule has 0 fully saturated rings. The molecule has 0 radical (unpaired) electrons. The molecule has 0 atom stereocenters. The highest BCUT2D eigenvalue weighted by Gasteiger charge is 1.99. The lowest BCUT2D eigenvalue weighted by Gasteiger charge is -2.08. The minimum atomic E-state index is -4.59. The number of hydrogen-bond acceptors (Lipinski definition) is 6. The first-order valence-electron chi connectivity index (χ1n) is 9.75. The van der Waals surface area contributed by atoms with Gasteiger partial charge in [-0.05, 0) is 12.8 Å². The Kier molecular flexibility index (Phi) is 13.4. The van der Waals surface area contributed by atoms with E-state index in [1.54, 1.807) is 0 Å². The third-order valence-electron chi connectivity index (χ3n) is 3.77. The van der Waals surface area contributed by atoms with E-state index in [9.17, 15) is 25.9 Å². The van der Waals surface area contributed by atoms with E-state index in [0.717, 1.165) is 13.1 Å². The summed E-state index contributed by atoms with van der Waals surface area (Å²) in [5, 5.41) is 0. The van der Waals surface area contributed by atoms with E-state index in [1.165, 1.54) is 25.7 Å². The van der Waals surface area contributed by atoms with Crippen LogP contribution in [0, 0.1) is 0 Å². The van der Waals surface area contributed by atoms with Gasteiger partial charge in [-0.15, -0.1) is 0 Å². The molecule has 0 aliphatic rings. The van der Waals surface area contributed by atoms with Gasteiger partial charge in [0.15, 0.2) is 0 Å². The van der Waals surface area contributed by atoms with Crippen LogP contribution in [0.3, 0.4) is 0 Å². The molecule has 0 unspecified atom stereocenters. The summed E-state index contributed by atoms with van der Waals surface area (Å²) in [5.74, 6) is -2.31. The van der Waals surface area contributed by atoms with Crippen molar-refractivity contribution < 1.29 is 35.1 Å². The highest BCUT2D eigenvalue weighted by atomic mass is 32.2. The van der Waals surface area contributed by atoms with Crippen LogP contribution >= 0.6 is 0 Å². The fourth-order valence-electron chi connectivity index (χ4n) is 2.15. The quantitative estimate of drug-likeness (QED) is 0.386. The molecule has 0 aliphatic carbocycles. The van der Waals surface area contributed by atoms with Crippen LogP contribution in [0.15, 0.2) is 37.4 Å². The Morgan fingerprint density at radius 3 is 1.27 bits per heavy atom. The molecule has 0 saturated carbocycles. The minimum absolute atomic E-state index is 1.15. The Morgan fingerprint density at radius 2 is 1.07 bits per heavy atom. The van der Waals surface area contributed by atoms with Crippen LogP contribution in [0.25, 0.3) is 0 Å². The molecule has 2 rings (SSSR count). The molecule has 2 aromatic heterocycles. The van der Waals surface area contributed by atoms with E-state index < -0.39 is 31.7 Å². The third kappa shape index (κ3) is 17.1. The topological polar surface area (TPSA) is 132 Å². The number of unbranched alkanes of at least 4 members (excludes halogenated alkanes) is 2. The smallest absolute Gasteiger partial charge is 0.243 e. The van der Waals surface area contributed by atoms with Crippen molar-refractivity contribution in [3.05, 3.63) is 37.4 Å². The maximum absolute atomic E-state index is 9.72. The molecule has 0 saturated heterocycles. The number of hydrogen-bond donors (Lipinski definition) is 0. The fraction of sp³-hybridized carbons (Fsp3) is 0.667. The van der Waals surface area contributed by atoms with Crippen LogP contribution in [0.2, 0.25) is 0 Å². The van der Waals surface area contributed by atoms with Crippen LogP contribution in [0.1, 0.15) is 39.5 Å². The number of nitrogens with zero attached hydrogens (tertiary/aromatic N) is 4. The van der Waals surface area contributed by atoms with E-state index in [2.05, 4.69) is 69.6 Å². The molecular weight excluding hydrogens is 432 g/mol. The standard InChI is InChI=1S/2C8H15N2.C2H6O6S2/c2*1-3-4-5-10-7-6-9(2)8-10;3-9(4,5)1-2-10(6,7)8/h2*6-8H,3-5H2,1-2H3;1-2H2,(H,3,4,5)(H,6,7,8)/q2*+1;/p-2. The highest BCUT2D eigenvalue weighted by molar-refractivity contribution is 7.89. The predicted molar refractivity (Wildman–Crippen MR) is 110 cm³/mol. The summed E-state index contributed by atoms with van der Waals surface area (Å²) in [4.78, 5) is 0. The van der Waals surface area contributed by atoms with E-state index in [0.29, 0.717) is 0 Å². The fourth-order valence-corrected chi connectivity index (χ4v) is 3.79. The van der Waals surface area contributed by atoms with Gasteiger partial charge in [0.05, 0.1) is 58.9 Å². The van der Waals surface area contributed by atoms with Gasteiger partial charge in [0, 0.05) is 0 Å². The van der Waals surface area contributed by atoms with Crippen molar-refractivity contribution in [2.45, 2.75) is 52.6 Å². The van der Waals surface area contributed by atoms with E-state index >= 15 is 0 Å². The molecule has 2 aromatic rings. The first-order valence-corrected chi connectivity index (χ1v) is 12.9. The summed E-state index contributed by atoms with van der Waals surface area (Å²) in [6.07, 6.45) is 17.6. The SMILES string of the molecule is CCCCn1cc[n+](C)c1.CCCCn1cc[n+](C)c1.O=S(=O)([O-])CCS(=O)(=O)[O-]. The molecular formula is C18H34N4O6S2. The molecule has 10 nitrogen and oxygen atoms in total. The van der Waals surface area contributed by atoms with Gasteiger partial charge in [-0.25, -0.2) is 35.1 Å². The Balaban J connectivity index is 0.000000420. The monoisotopic (exact) mass is 466 g/mol. The lowest BCUT2D eigenvalue weighted by Crippen LogP contribution is -2.23. The van der Waals surface area contributed by atoms with Crippen molar-refractivity contribution in [1.29, 1.82) is 0 Å². The van der Waals surface area contributed by atoms with Crippen LogP contribution in [-0.2, 0) is 47.4 Å². The van der Waals surface area contributed by atoms with Gasteiger partial charge >= 0.3 is 0 Å². The zero-order chi connectivity index (χ0) is 23.2. The summed E-state index contributed by atoms with van der Waals surface area (Å²) in [6.45, 7) is 6.72. The normalized spacial score (nSPS) is 11.3. The second-order valence-corrected chi connectivity index (χ2v) is 9.91. The van der Waals surface area contributed by atoms with Crippen LogP contribution in [0.4, 0.5) is 0 Å². The Morgan fingerprint density at radius 1 is 0.733 bits per heavy atom. The van der Waals surface area contributed by atoms with Crippen molar-refractivity contribution in [3.8, 4) is 0 Å². The van der Waals surface area contributed by atoms with Crippen LogP contribution in [-0.4, -0.2) is 46.6 Å². The Bertz CT molecular complexity index is 844. The molecule has 0 amide bonds. The van der Waals surface area contributed by atoms with Crippen molar-refractivity contribution in [2.24, 2.45) is 14.1 Å². The zero-order valence-electron chi connectivity index (χ0n) is 18.2. The maximum atomic E-state index is 9.72. The Labute approximate surface area is 180 Å². The average molecular weight is 467 g/mol. The van der Waals surface area contributed by atoms with Gasteiger partial charge in [-0.3, -0.25) is 0 Å². The second-order valence-electron chi connectivity index (χ2n) is 6.86. The number of imidazole rings is 2. The van der Waals surface area contributed by atoms with Gasteiger partial charge in [-0.1, -0.05) is 26.7 Å². The largest absolute Gasteiger partial charge is 0.748 e. The molecule has 0 bridgehead atoms. The summed E-state index contributed by atoms with van der Waals surface area (Å²) in [7, 11) is -5.08. The number of rotatable bonds is 9. The van der Waals surface area contributed by atoms with Gasteiger partial charge in [0.25, 0.3) is 0 Å². The second kappa shape index (κ2) is 14.3. The molecule has 12 heteroatoms. The van der Waals surface area contributed by atoms with Crippen molar-refractivity contribution in [2.75, 3.05) is 11.5 Å². The average Bonchev–Trinajstić information content (AvgIpc) is 3.24. The third-order valence-corrected chi connectivity index (χ3v) is 5.44. The van der Waals surface area contributed by atoms with Crippen molar-refractivity contribution in [1.82, 2.24) is 9.13 Å². The van der Waals surface area contributed by atoms with Gasteiger partial charge < -0.3 is 9.11 Å². The minimum Gasteiger partial charge on any atom is -0.748 e. The van der Waals surface area contributed by atoms with Gasteiger partial charge in [0.2, 0.25) is 12.7 Å². The molecule has 0 spiro atoms. The highest BCUT2D eigenvalue weighted by Crippen LogP contribution is 1.92. The molecule has 174 valence electrons. The number of aromatic nitrogens is 4. The first kappa shape index (κ1) is 28.2.